The fourth-order valence-electron chi connectivity index (χ4n) is 1.48. The normalized spacial score (nSPS) is 19.0. The van der Waals surface area contributed by atoms with E-state index >= 15 is 0 Å². The number of amides is 2. The Bertz CT molecular complexity index is 391. The summed E-state index contributed by atoms with van der Waals surface area (Å²) in [5.74, 6) is -0.0856. The standard InChI is InChI=1S/C11H12N2O3/c14-10-6-9(7-12-10)16-11(15)13-8-4-2-1-3-5-8/h1-5,9H,6-7H2,(H,12,14)(H,13,15). The van der Waals surface area contributed by atoms with Gasteiger partial charge in [-0.1, -0.05) is 18.2 Å². The quantitative estimate of drug-likeness (QED) is 0.784. The van der Waals surface area contributed by atoms with Crippen LogP contribution in [-0.4, -0.2) is 24.6 Å². The lowest BCUT2D eigenvalue weighted by Crippen LogP contribution is -2.24. The average Bonchev–Trinajstić information content (AvgIpc) is 2.65. The number of ether oxygens (including phenoxy) is 1. The van der Waals surface area contributed by atoms with Crippen LogP contribution in [0.1, 0.15) is 6.42 Å². The molecule has 0 saturated carbocycles. The molecule has 5 nitrogen and oxygen atoms in total. The zero-order valence-electron chi connectivity index (χ0n) is 8.60. The van der Waals surface area contributed by atoms with Gasteiger partial charge in [0.2, 0.25) is 5.91 Å². The summed E-state index contributed by atoms with van der Waals surface area (Å²) in [5.41, 5.74) is 0.671. The first-order valence-corrected chi connectivity index (χ1v) is 5.03. The molecule has 1 aliphatic rings. The van der Waals surface area contributed by atoms with E-state index in [4.69, 9.17) is 4.74 Å². The van der Waals surface area contributed by atoms with Gasteiger partial charge in [-0.05, 0) is 12.1 Å². The molecule has 0 aromatic heterocycles. The fourth-order valence-corrected chi connectivity index (χ4v) is 1.48. The Labute approximate surface area is 92.8 Å². The van der Waals surface area contributed by atoms with E-state index in [1.54, 1.807) is 12.1 Å². The Morgan fingerprint density at radius 2 is 2.12 bits per heavy atom. The zero-order chi connectivity index (χ0) is 11.4. The molecule has 84 valence electrons. The number of rotatable bonds is 2. The third-order valence-corrected chi connectivity index (χ3v) is 2.23. The maximum absolute atomic E-state index is 11.4. The smallest absolute Gasteiger partial charge is 0.411 e. The van der Waals surface area contributed by atoms with E-state index in [0.717, 1.165) is 0 Å². The summed E-state index contributed by atoms with van der Waals surface area (Å²) >= 11 is 0. The molecule has 1 aliphatic heterocycles. The lowest BCUT2D eigenvalue weighted by molar-refractivity contribution is -0.119. The van der Waals surface area contributed by atoms with Crippen molar-refractivity contribution in [2.24, 2.45) is 0 Å². The molecular weight excluding hydrogens is 208 g/mol. The molecule has 1 heterocycles. The summed E-state index contributed by atoms with van der Waals surface area (Å²) in [4.78, 5) is 22.3. The van der Waals surface area contributed by atoms with Crippen molar-refractivity contribution in [1.29, 1.82) is 0 Å². The van der Waals surface area contributed by atoms with Crippen LogP contribution in [0.4, 0.5) is 10.5 Å². The van der Waals surface area contributed by atoms with E-state index in [9.17, 15) is 9.59 Å². The molecule has 1 aromatic rings. The van der Waals surface area contributed by atoms with Crippen LogP contribution in [0, 0.1) is 0 Å². The molecule has 2 N–H and O–H groups in total. The molecule has 16 heavy (non-hydrogen) atoms. The number of hydrogen-bond acceptors (Lipinski definition) is 3. The van der Waals surface area contributed by atoms with Gasteiger partial charge >= 0.3 is 6.09 Å². The molecule has 1 aromatic carbocycles. The van der Waals surface area contributed by atoms with Crippen molar-refractivity contribution in [2.75, 3.05) is 11.9 Å². The zero-order valence-corrected chi connectivity index (χ0v) is 8.60. The Kier molecular flexibility index (Phi) is 3.05. The molecule has 1 atom stereocenters. The fraction of sp³-hybridized carbons (Fsp3) is 0.273. The van der Waals surface area contributed by atoms with Crippen molar-refractivity contribution in [1.82, 2.24) is 5.32 Å². The van der Waals surface area contributed by atoms with Crippen LogP contribution >= 0.6 is 0 Å². The number of anilines is 1. The second-order valence-corrected chi connectivity index (χ2v) is 3.53. The third-order valence-electron chi connectivity index (χ3n) is 2.23. The maximum atomic E-state index is 11.4. The minimum Gasteiger partial charge on any atom is -0.444 e. The van der Waals surface area contributed by atoms with Crippen LogP contribution in [0.25, 0.3) is 0 Å². The van der Waals surface area contributed by atoms with E-state index in [0.29, 0.717) is 12.2 Å². The molecule has 0 spiro atoms. The van der Waals surface area contributed by atoms with Gasteiger partial charge in [-0.15, -0.1) is 0 Å². The van der Waals surface area contributed by atoms with Crippen molar-refractivity contribution < 1.29 is 14.3 Å². The van der Waals surface area contributed by atoms with Crippen molar-refractivity contribution in [3.63, 3.8) is 0 Å². The van der Waals surface area contributed by atoms with Gasteiger partial charge in [0.1, 0.15) is 6.10 Å². The van der Waals surface area contributed by atoms with Crippen molar-refractivity contribution in [2.45, 2.75) is 12.5 Å². The number of hydrogen-bond donors (Lipinski definition) is 2. The summed E-state index contributed by atoms with van der Waals surface area (Å²) in [6.45, 7) is 0.390. The first kappa shape index (κ1) is 10.5. The number of carbonyl (C=O) groups is 2. The van der Waals surface area contributed by atoms with Gasteiger partial charge in [0.15, 0.2) is 0 Å². The Balaban J connectivity index is 1.83. The number of benzene rings is 1. The topological polar surface area (TPSA) is 67.4 Å². The largest absolute Gasteiger partial charge is 0.444 e. The molecule has 1 unspecified atom stereocenters. The summed E-state index contributed by atoms with van der Waals surface area (Å²) in [5, 5.41) is 5.18. The van der Waals surface area contributed by atoms with E-state index in [2.05, 4.69) is 10.6 Å². The van der Waals surface area contributed by atoms with E-state index in [1.165, 1.54) is 0 Å². The van der Waals surface area contributed by atoms with Gasteiger partial charge < -0.3 is 10.1 Å². The Morgan fingerprint density at radius 1 is 1.38 bits per heavy atom. The molecule has 5 heteroatoms. The van der Waals surface area contributed by atoms with Crippen molar-refractivity contribution >= 4 is 17.7 Å². The first-order chi connectivity index (χ1) is 7.74. The lowest BCUT2D eigenvalue weighted by Gasteiger charge is -2.10. The molecular formula is C11H12N2O3. The molecule has 0 radical (unpaired) electrons. The minimum atomic E-state index is -0.535. The maximum Gasteiger partial charge on any atom is 0.411 e. The Morgan fingerprint density at radius 3 is 2.75 bits per heavy atom. The number of para-hydroxylation sites is 1. The summed E-state index contributed by atoms with van der Waals surface area (Å²) < 4.78 is 5.05. The van der Waals surface area contributed by atoms with E-state index in [-0.39, 0.29) is 18.4 Å². The summed E-state index contributed by atoms with van der Waals surface area (Å²) in [6.07, 6.45) is -0.661. The van der Waals surface area contributed by atoms with Crippen LogP contribution in [0.15, 0.2) is 30.3 Å². The van der Waals surface area contributed by atoms with E-state index in [1.807, 2.05) is 18.2 Å². The highest BCUT2D eigenvalue weighted by Crippen LogP contribution is 2.09. The highest BCUT2D eigenvalue weighted by atomic mass is 16.6. The number of nitrogens with one attached hydrogen (secondary N) is 2. The van der Waals surface area contributed by atoms with Gasteiger partial charge in [0.05, 0.1) is 13.0 Å². The molecule has 2 amide bonds. The highest BCUT2D eigenvalue weighted by Gasteiger charge is 2.24. The minimum absolute atomic E-state index is 0.0856. The van der Waals surface area contributed by atoms with Gasteiger partial charge in [-0.25, -0.2) is 4.79 Å². The predicted molar refractivity (Wildman–Crippen MR) is 58.0 cm³/mol. The molecule has 1 saturated heterocycles. The first-order valence-electron chi connectivity index (χ1n) is 5.03. The summed E-state index contributed by atoms with van der Waals surface area (Å²) in [6, 6.07) is 9.02. The van der Waals surface area contributed by atoms with Crippen molar-refractivity contribution in [3.8, 4) is 0 Å². The molecule has 1 fully saturated rings. The Hall–Kier alpha value is -2.04. The average molecular weight is 220 g/mol. The predicted octanol–water partition coefficient (Wildman–Crippen LogP) is 1.12. The highest BCUT2D eigenvalue weighted by molar-refractivity contribution is 5.85. The van der Waals surface area contributed by atoms with Crippen LogP contribution in [0.5, 0.6) is 0 Å². The van der Waals surface area contributed by atoms with Crippen LogP contribution in [-0.2, 0) is 9.53 Å². The van der Waals surface area contributed by atoms with Gasteiger partial charge in [-0.2, -0.15) is 0 Å². The summed E-state index contributed by atoms with van der Waals surface area (Å²) in [7, 11) is 0. The van der Waals surface area contributed by atoms with Crippen LogP contribution in [0.2, 0.25) is 0 Å². The molecule has 0 aliphatic carbocycles. The van der Waals surface area contributed by atoms with E-state index < -0.39 is 6.09 Å². The van der Waals surface area contributed by atoms with Crippen LogP contribution in [0.3, 0.4) is 0 Å². The van der Waals surface area contributed by atoms with Gasteiger partial charge in [0.25, 0.3) is 0 Å². The SMILES string of the molecule is O=C1CC(OC(=O)Nc2ccccc2)CN1. The second kappa shape index (κ2) is 4.65. The molecule has 0 bridgehead atoms. The second-order valence-electron chi connectivity index (χ2n) is 3.53. The molecule has 2 rings (SSSR count). The third kappa shape index (κ3) is 2.73. The van der Waals surface area contributed by atoms with Crippen LogP contribution < -0.4 is 10.6 Å². The van der Waals surface area contributed by atoms with Gasteiger partial charge in [0, 0.05) is 5.69 Å². The number of carbonyl (C=O) groups excluding carboxylic acids is 2. The lowest BCUT2D eigenvalue weighted by atomic mass is 10.3. The monoisotopic (exact) mass is 220 g/mol. The van der Waals surface area contributed by atoms with Crippen molar-refractivity contribution in [3.05, 3.63) is 30.3 Å². The van der Waals surface area contributed by atoms with Gasteiger partial charge in [-0.3, -0.25) is 10.1 Å².